The second kappa shape index (κ2) is 6.79. The Hall–Kier alpha value is -2.77. The van der Waals surface area contributed by atoms with E-state index in [2.05, 4.69) is 20.8 Å². The summed E-state index contributed by atoms with van der Waals surface area (Å²) in [7, 11) is 0. The molecule has 8 heteroatoms. The number of nitrogens with zero attached hydrogens (tertiary/aromatic N) is 2. The molecule has 22 heavy (non-hydrogen) atoms. The van der Waals surface area contributed by atoms with Crippen LogP contribution < -0.4 is 10.6 Å². The number of aryl methyl sites for hydroxylation is 1. The van der Waals surface area contributed by atoms with E-state index in [1.165, 1.54) is 25.1 Å². The number of hydrogen-bond acceptors (Lipinski definition) is 5. The molecule has 116 valence electrons. The lowest BCUT2D eigenvalue weighted by atomic mass is 10.2. The van der Waals surface area contributed by atoms with Gasteiger partial charge in [-0.2, -0.15) is 4.98 Å². The molecular weight excluding hydrogens is 291 g/mol. The first-order valence-corrected chi connectivity index (χ1v) is 6.59. The third-order valence-corrected chi connectivity index (χ3v) is 2.79. The molecule has 1 aromatic heterocycles. The van der Waals surface area contributed by atoms with Crippen LogP contribution in [0.3, 0.4) is 0 Å². The number of para-hydroxylation sites is 1. The highest BCUT2D eigenvalue weighted by molar-refractivity contribution is 5.97. The van der Waals surface area contributed by atoms with Crippen LogP contribution in [-0.2, 0) is 16.0 Å². The SMILES string of the molecule is Cc1nc(CC(=O)NC(C)C(=O)Nc2ccccc2F)no1. The van der Waals surface area contributed by atoms with Gasteiger partial charge in [0.2, 0.25) is 17.7 Å². The van der Waals surface area contributed by atoms with Crippen LogP contribution in [0.4, 0.5) is 10.1 Å². The molecule has 0 fully saturated rings. The van der Waals surface area contributed by atoms with Crippen molar-refractivity contribution in [2.24, 2.45) is 0 Å². The molecule has 0 radical (unpaired) electrons. The summed E-state index contributed by atoms with van der Waals surface area (Å²) in [5.74, 6) is -0.916. The summed E-state index contributed by atoms with van der Waals surface area (Å²) in [4.78, 5) is 27.6. The van der Waals surface area contributed by atoms with Crippen LogP contribution in [0.5, 0.6) is 0 Å². The molecule has 0 aliphatic heterocycles. The third-order valence-electron chi connectivity index (χ3n) is 2.79. The first-order valence-electron chi connectivity index (χ1n) is 6.59. The van der Waals surface area contributed by atoms with Crippen molar-refractivity contribution in [1.29, 1.82) is 0 Å². The van der Waals surface area contributed by atoms with E-state index in [9.17, 15) is 14.0 Å². The van der Waals surface area contributed by atoms with Crippen LogP contribution in [-0.4, -0.2) is 28.0 Å². The minimum atomic E-state index is -0.833. The second-order valence-electron chi connectivity index (χ2n) is 4.66. The van der Waals surface area contributed by atoms with Crippen molar-refractivity contribution in [2.45, 2.75) is 26.3 Å². The van der Waals surface area contributed by atoms with Crippen molar-refractivity contribution in [3.63, 3.8) is 0 Å². The molecule has 0 saturated heterocycles. The van der Waals surface area contributed by atoms with Crippen molar-refractivity contribution >= 4 is 17.5 Å². The Morgan fingerprint density at radius 3 is 2.73 bits per heavy atom. The van der Waals surface area contributed by atoms with E-state index in [-0.39, 0.29) is 17.9 Å². The summed E-state index contributed by atoms with van der Waals surface area (Å²) >= 11 is 0. The lowest BCUT2D eigenvalue weighted by molar-refractivity contribution is -0.125. The number of carbonyl (C=O) groups is 2. The molecule has 2 aromatic rings. The molecule has 1 heterocycles. The zero-order valence-electron chi connectivity index (χ0n) is 12.1. The van der Waals surface area contributed by atoms with Crippen molar-refractivity contribution in [2.75, 3.05) is 5.32 Å². The zero-order valence-corrected chi connectivity index (χ0v) is 12.1. The molecular formula is C14H15FN4O3. The molecule has 0 saturated carbocycles. The van der Waals surface area contributed by atoms with Crippen molar-refractivity contribution in [3.05, 3.63) is 41.8 Å². The Bertz CT molecular complexity index is 686. The van der Waals surface area contributed by atoms with Crippen molar-refractivity contribution in [3.8, 4) is 0 Å². The fourth-order valence-electron chi connectivity index (χ4n) is 1.72. The fourth-order valence-corrected chi connectivity index (χ4v) is 1.72. The molecule has 0 aliphatic carbocycles. The Labute approximate surface area is 125 Å². The Balaban J connectivity index is 1.88. The van der Waals surface area contributed by atoms with E-state index in [1.807, 2.05) is 0 Å². The predicted molar refractivity (Wildman–Crippen MR) is 75.4 cm³/mol. The monoisotopic (exact) mass is 306 g/mol. The number of carbonyl (C=O) groups excluding carboxylic acids is 2. The number of amides is 2. The van der Waals surface area contributed by atoms with E-state index >= 15 is 0 Å². The maximum atomic E-state index is 13.4. The first kappa shape index (κ1) is 15.6. The van der Waals surface area contributed by atoms with Crippen LogP contribution in [0, 0.1) is 12.7 Å². The molecule has 2 amide bonds. The highest BCUT2D eigenvalue weighted by atomic mass is 19.1. The minimum Gasteiger partial charge on any atom is -0.344 e. The molecule has 1 unspecified atom stereocenters. The van der Waals surface area contributed by atoms with Gasteiger partial charge < -0.3 is 15.2 Å². The van der Waals surface area contributed by atoms with Gasteiger partial charge in [0.05, 0.1) is 12.1 Å². The standard InChI is InChI=1S/C14H15FN4O3/c1-8(14(21)18-11-6-4-3-5-10(11)15)16-13(20)7-12-17-9(2)22-19-12/h3-6,8H,7H2,1-2H3,(H,16,20)(H,18,21). The van der Waals surface area contributed by atoms with Gasteiger partial charge in [0.15, 0.2) is 5.82 Å². The highest BCUT2D eigenvalue weighted by Gasteiger charge is 2.18. The van der Waals surface area contributed by atoms with E-state index in [1.54, 1.807) is 13.0 Å². The normalized spacial score (nSPS) is 11.8. The topological polar surface area (TPSA) is 97.1 Å². The van der Waals surface area contributed by atoms with Crippen molar-refractivity contribution in [1.82, 2.24) is 15.5 Å². The lowest BCUT2D eigenvalue weighted by Crippen LogP contribution is -2.42. The van der Waals surface area contributed by atoms with Gasteiger partial charge in [-0.05, 0) is 19.1 Å². The lowest BCUT2D eigenvalue weighted by Gasteiger charge is -2.14. The number of rotatable bonds is 5. The van der Waals surface area contributed by atoms with Gasteiger partial charge in [0.25, 0.3) is 0 Å². The second-order valence-corrected chi connectivity index (χ2v) is 4.66. The van der Waals surface area contributed by atoms with Crippen LogP contribution in [0.1, 0.15) is 18.6 Å². The highest BCUT2D eigenvalue weighted by Crippen LogP contribution is 2.12. The van der Waals surface area contributed by atoms with Gasteiger partial charge in [0.1, 0.15) is 11.9 Å². The molecule has 7 nitrogen and oxygen atoms in total. The molecule has 2 N–H and O–H groups in total. The van der Waals surface area contributed by atoms with Gasteiger partial charge in [-0.15, -0.1) is 0 Å². The molecule has 0 bridgehead atoms. The van der Waals surface area contributed by atoms with Gasteiger partial charge >= 0.3 is 0 Å². The largest absolute Gasteiger partial charge is 0.344 e. The molecule has 1 atom stereocenters. The Morgan fingerprint density at radius 1 is 1.36 bits per heavy atom. The van der Waals surface area contributed by atoms with E-state index in [0.717, 1.165) is 0 Å². The quantitative estimate of drug-likeness (QED) is 0.865. The predicted octanol–water partition coefficient (Wildman–Crippen LogP) is 1.20. The van der Waals surface area contributed by atoms with E-state index in [4.69, 9.17) is 4.52 Å². The molecule has 2 rings (SSSR count). The Kier molecular flexibility index (Phi) is 4.82. The van der Waals surface area contributed by atoms with E-state index in [0.29, 0.717) is 5.89 Å². The summed E-state index contributed by atoms with van der Waals surface area (Å²) in [6.07, 6.45) is -0.103. The average Bonchev–Trinajstić information content (AvgIpc) is 2.86. The number of benzene rings is 1. The van der Waals surface area contributed by atoms with E-state index < -0.39 is 23.7 Å². The fraction of sp³-hybridized carbons (Fsp3) is 0.286. The van der Waals surface area contributed by atoms with Gasteiger partial charge in [-0.3, -0.25) is 9.59 Å². The smallest absolute Gasteiger partial charge is 0.246 e. The summed E-state index contributed by atoms with van der Waals surface area (Å²) in [6.45, 7) is 3.11. The summed E-state index contributed by atoms with van der Waals surface area (Å²) in [5, 5.41) is 8.48. The van der Waals surface area contributed by atoms with Crippen LogP contribution in [0.25, 0.3) is 0 Å². The number of nitrogens with one attached hydrogen (secondary N) is 2. The van der Waals surface area contributed by atoms with Gasteiger partial charge in [-0.25, -0.2) is 4.39 Å². The zero-order chi connectivity index (χ0) is 16.1. The average molecular weight is 306 g/mol. The van der Waals surface area contributed by atoms with Crippen LogP contribution in [0.15, 0.2) is 28.8 Å². The molecule has 0 spiro atoms. The van der Waals surface area contributed by atoms with Crippen molar-refractivity contribution < 1.29 is 18.5 Å². The van der Waals surface area contributed by atoms with Crippen LogP contribution in [0.2, 0.25) is 0 Å². The summed E-state index contributed by atoms with van der Waals surface area (Å²) in [5.41, 5.74) is 0.0578. The number of aromatic nitrogens is 2. The maximum absolute atomic E-state index is 13.4. The third kappa shape index (κ3) is 4.11. The van der Waals surface area contributed by atoms with Gasteiger partial charge in [-0.1, -0.05) is 17.3 Å². The van der Waals surface area contributed by atoms with Gasteiger partial charge in [0, 0.05) is 6.92 Å². The maximum Gasteiger partial charge on any atom is 0.246 e. The summed E-state index contributed by atoms with van der Waals surface area (Å²) < 4.78 is 18.2. The number of anilines is 1. The Morgan fingerprint density at radius 2 is 2.09 bits per heavy atom. The summed E-state index contributed by atoms with van der Waals surface area (Å²) in [6, 6.07) is 4.95. The first-order chi connectivity index (χ1) is 10.5. The number of halogens is 1. The molecule has 1 aromatic carbocycles. The molecule has 0 aliphatic rings. The van der Waals surface area contributed by atoms with Crippen LogP contribution >= 0.6 is 0 Å². The minimum absolute atomic E-state index is 0.0578. The number of hydrogen-bond donors (Lipinski definition) is 2.